The monoisotopic (exact) mass is 440 g/mol. The maximum atomic E-state index is 12.8. The van der Waals surface area contributed by atoms with Gasteiger partial charge < -0.3 is 15.0 Å². The van der Waals surface area contributed by atoms with Gasteiger partial charge in [0.15, 0.2) is 0 Å². The summed E-state index contributed by atoms with van der Waals surface area (Å²) in [5, 5.41) is 8.04. The Morgan fingerprint density at radius 1 is 1.13 bits per heavy atom. The van der Waals surface area contributed by atoms with E-state index in [-0.39, 0.29) is 31.0 Å². The molecule has 0 atom stereocenters. The zero-order valence-corrected chi connectivity index (χ0v) is 18.5. The summed E-state index contributed by atoms with van der Waals surface area (Å²) in [6, 6.07) is 18.5. The van der Waals surface area contributed by atoms with Crippen LogP contribution in [-0.2, 0) is 14.3 Å². The van der Waals surface area contributed by atoms with E-state index in [1.807, 2.05) is 62.4 Å². The normalized spacial score (nSPS) is 10.9. The van der Waals surface area contributed by atoms with Crippen LogP contribution in [0, 0.1) is 0 Å². The molecule has 3 rings (SSSR count). The highest BCUT2D eigenvalue weighted by Gasteiger charge is 2.22. The second-order valence-corrected chi connectivity index (χ2v) is 7.65. The van der Waals surface area contributed by atoms with Gasteiger partial charge in [-0.1, -0.05) is 54.1 Å². The molecule has 3 aromatic rings. The number of rotatable bonds is 8. The molecule has 0 saturated heterocycles. The van der Waals surface area contributed by atoms with E-state index in [4.69, 9.17) is 16.3 Å². The lowest BCUT2D eigenvalue weighted by Gasteiger charge is -2.25. The summed E-state index contributed by atoms with van der Waals surface area (Å²) in [6.07, 6.45) is 0. The van der Waals surface area contributed by atoms with Crippen molar-refractivity contribution in [1.82, 2.24) is 14.7 Å². The van der Waals surface area contributed by atoms with Gasteiger partial charge in [-0.2, -0.15) is 5.10 Å². The van der Waals surface area contributed by atoms with Crippen LogP contribution in [0.25, 0.3) is 16.9 Å². The van der Waals surface area contributed by atoms with Crippen molar-refractivity contribution in [2.45, 2.75) is 19.9 Å². The van der Waals surface area contributed by atoms with Crippen molar-refractivity contribution in [2.24, 2.45) is 0 Å². The van der Waals surface area contributed by atoms with Crippen molar-refractivity contribution >= 4 is 29.2 Å². The van der Waals surface area contributed by atoms with Gasteiger partial charge in [-0.05, 0) is 26.0 Å². The molecule has 1 aromatic heterocycles. The van der Waals surface area contributed by atoms with Gasteiger partial charge in [-0.15, -0.1) is 0 Å². The molecule has 0 fully saturated rings. The minimum atomic E-state index is -0.342. The third kappa shape index (κ3) is 5.51. The summed E-state index contributed by atoms with van der Waals surface area (Å²) in [5.41, 5.74) is 2.23. The zero-order chi connectivity index (χ0) is 22.4. The first-order chi connectivity index (χ1) is 14.9. The average molecular weight is 441 g/mol. The molecule has 8 heteroatoms. The molecule has 2 aromatic carbocycles. The van der Waals surface area contributed by atoms with E-state index in [0.29, 0.717) is 22.2 Å². The van der Waals surface area contributed by atoms with Gasteiger partial charge in [-0.25, -0.2) is 4.68 Å². The SMILES string of the molecule is COCC(=O)N(CC(=O)Nc1cc(-c2ccccc2)nn1-c1ccccc1Cl)C(C)C. The summed E-state index contributed by atoms with van der Waals surface area (Å²) in [4.78, 5) is 26.6. The van der Waals surface area contributed by atoms with Crippen LogP contribution in [0.3, 0.4) is 0 Å². The Balaban J connectivity index is 1.92. The second kappa shape index (κ2) is 10.2. The standard InChI is InChI=1S/C23H25ClN4O3/c1-16(2)27(23(30)15-31-3)14-22(29)25-21-13-19(17-9-5-4-6-10-17)26-28(21)20-12-8-7-11-18(20)24/h4-13,16H,14-15H2,1-3H3,(H,25,29). The zero-order valence-electron chi connectivity index (χ0n) is 17.7. The maximum Gasteiger partial charge on any atom is 0.249 e. The first kappa shape index (κ1) is 22.5. The fraction of sp³-hybridized carbons (Fsp3) is 0.261. The minimum absolute atomic E-state index is 0.0822. The van der Waals surface area contributed by atoms with Crippen molar-refractivity contribution in [2.75, 3.05) is 25.6 Å². The molecule has 1 heterocycles. The Hall–Kier alpha value is -3.16. The molecule has 0 aliphatic heterocycles. The molecule has 0 radical (unpaired) electrons. The number of benzene rings is 2. The number of carbonyl (C=O) groups excluding carboxylic acids is 2. The van der Waals surface area contributed by atoms with Gasteiger partial charge in [0.25, 0.3) is 0 Å². The molecule has 7 nitrogen and oxygen atoms in total. The maximum absolute atomic E-state index is 12.8. The number of aromatic nitrogens is 2. The lowest BCUT2D eigenvalue weighted by atomic mass is 10.1. The van der Waals surface area contributed by atoms with Crippen LogP contribution in [0.15, 0.2) is 60.7 Å². The quantitative estimate of drug-likeness (QED) is 0.574. The molecule has 2 amide bonds. The highest BCUT2D eigenvalue weighted by Crippen LogP contribution is 2.28. The topological polar surface area (TPSA) is 76.5 Å². The number of methoxy groups -OCH3 is 1. The predicted molar refractivity (Wildman–Crippen MR) is 121 cm³/mol. The Labute approximate surface area is 186 Å². The van der Waals surface area contributed by atoms with Crippen LogP contribution in [0.1, 0.15) is 13.8 Å². The van der Waals surface area contributed by atoms with Crippen LogP contribution in [0.4, 0.5) is 5.82 Å². The molecule has 162 valence electrons. The van der Waals surface area contributed by atoms with Crippen molar-refractivity contribution in [1.29, 1.82) is 0 Å². The Morgan fingerprint density at radius 2 is 1.81 bits per heavy atom. The minimum Gasteiger partial charge on any atom is -0.375 e. The smallest absolute Gasteiger partial charge is 0.249 e. The van der Waals surface area contributed by atoms with Gasteiger partial charge in [0.1, 0.15) is 19.0 Å². The van der Waals surface area contributed by atoms with E-state index in [9.17, 15) is 9.59 Å². The van der Waals surface area contributed by atoms with E-state index in [1.54, 1.807) is 16.8 Å². The molecular formula is C23H25ClN4O3. The van der Waals surface area contributed by atoms with Crippen molar-refractivity contribution in [3.8, 4) is 16.9 Å². The van der Waals surface area contributed by atoms with Crippen LogP contribution < -0.4 is 5.32 Å². The molecule has 31 heavy (non-hydrogen) atoms. The molecular weight excluding hydrogens is 416 g/mol. The Bertz CT molecular complexity index is 1050. The first-order valence-corrected chi connectivity index (χ1v) is 10.3. The lowest BCUT2D eigenvalue weighted by Crippen LogP contribution is -2.44. The van der Waals surface area contributed by atoms with E-state index < -0.39 is 0 Å². The number of hydrogen-bond acceptors (Lipinski definition) is 4. The second-order valence-electron chi connectivity index (χ2n) is 7.24. The summed E-state index contributed by atoms with van der Waals surface area (Å²) >= 11 is 6.38. The fourth-order valence-electron chi connectivity index (χ4n) is 3.13. The molecule has 0 spiro atoms. The van der Waals surface area contributed by atoms with Crippen LogP contribution in [0.5, 0.6) is 0 Å². The van der Waals surface area contributed by atoms with Gasteiger partial charge in [0, 0.05) is 24.8 Å². The Kier molecular flexibility index (Phi) is 7.44. The largest absolute Gasteiger partial charge is 0.375 e. The number of halogens is 1. The molecule has 0 aliphatic carbocycles. The first-order valence-electron chi connectivity index (χ1n) is 9.89. The highest BCUT2D eigenvalue weighted by molar-refractivity contribution is 6.32. The van der Waals surface area contributed by atoms with Crippen LogP contribution in [0.2, 0.25) is 5.02 Å². The van der Waals surface area contributed by atoms with E-state index >= 15 is 0 Å². The molecule has 0 bridgehead atoms. The fourth-order valence-corrected chi connectivity index (χ4v) is 3.35. The van der Waals surface area contributed by atoms with E-state index in [2.05, 4.69) is 10.4 Å². The average Bonchev–Trinajstić information content (AvgIpc) is 3.16. The van der Waals surface area contributed by atoms with E-state index in [0.717, 1.165) is 5.56 Å². The number of hydrogen-bond donors (Lipinski definition) is 1. The number of carbonyl (C=O) groups is 2. The summed E-state index contributed by atoms with van der Waals surface area (Å²) in [6.45, 7) is 3.51. The van der Waals surface area contributed by atoms with Crippen molar-refractivity contribution < 1.29 is 14.3 Å². The van der Waals surface area contributed by atoms with Crippen molar-refractivity contribution in [3.63, 3.8) is 0 Å². The number of para-hydroxylation sites is 1. The number of nitrogens with zero attached hydrogens (tertiary/aromatic N) is 3. The van der Waals surface area contributed by atoms with Gasteiger partial charge in [0.05, 0.1) is 16.4 Å². The highest BCUT2D eigenvalue weighted by atomic mass is 35.5. The predicted octanol–water partition coefficient (Wildman–Crippen LogP) is 4.01. The Morgan fingerprint density at radius 3 is 2.45 bits per heavy atom. The number of anilines is 1. The van der Waals surface area contributed by atoms with Crippen LogP contribution >= 0.6 is 11.6 Å². The van der Waals surface area contributed by atoms with Gasteiger partial charge >= 0.3 is 0 Å². The lowest BCUT2D eigenvalue weighted by molar-refractivity contribution is -0.139. The molecule has 0 unspecified atom stereocenters. The summed E-state index contributed by atoms with van der Waals surface area (Å²) < 4.78 is 6.52. The molecule has 0 saturated carbocycles. The number of ether oxygens (including phenoxy) is 1. The van der Waals surface area contributed by atoms with Gasteiger partial charge in [-0.3, -0.25) is 9.59 Å². The summed E-state index contributed by atoms with van der Waals surface area (Å²) in [7, 11) is 1.45. The third-order valence-corrected chi connectivity index (χ3v) is 4.97. The van der Waals surface area contributed by atoms with Gasteiger partial charge in [0.2, 0.25) is 11.8 Å². The number of nitrogens with one attached hydrogen (secondary N) is 1. The van der Waals surface area contributed by atoms with Crippen LogP contribution in [-0.4, -0.2) is 52.8 Å². The number of amides is 2. The third-order valence-electron chi connectivity index (χ3n) is 4.65. The molecule has 0 aliphatic rings. The van der Waals surface area contributed by atoms with Crippen molar-refractivity contribution in [3.05, 3.63) is 65.7 Å². The van der Waals surface area contributed by atoms with E-state index in [1.165, 1.54) is 12.0 Å². The summed E-state index contributed by atoms with van der Waals surface area (Å²) in [5.74, 6) is -0.136. The molecule has 1 N–H and O–H groups in total.